The van der Waals surface area contributed by atoms with Gasteiger partial charge in [0.2, 0.25) is 0 Å². The Labute approximate surface area is 316 Å². The minimum absolute atomic E-state index is 0.00435. The van der Waals surface area contributed by atoms with Crippen molar-refractivity contribution in [1.29, 1.82) is 0 Å². The van der Waals surface area contributed by atoms with Crippen molar-refractivity contribution in [1.82, 2.24) is 15.0 Å². The Morgan fingerprint density at radius 1 is 0.400 bits per heavy atom. The van der Waals surface area contributed by atoms with Gasteiger partial charge < -0.3 is 0 Å². The van der Waals surface area contributed by atoms with Crippen LogP contribution in [0, 0.1) is 0 Å². The first-order valence-corrected chi connectivity index (χ1v) is 17.1. The van der Waals surface area contributed by atoms with Crippen LogP contribution in [-0.4, -0.2) is 15.0 Å². The lowest BCUT2D eigenvalue weighted by Crippen LogP contribution is -2.00. The molecule has 0 amide bonds. The summed E-state index contributed by atoms with van der Waals surface area (Å²) in [6, 6.07) is 19.0. The minimum Gasteiger partial charge on any atom is -0.208 e. The molecule has 50 heavy (non-hydrogen) atoms. The lowest BCUT2D eigenvalue weighted by Gasteiger charge is -2.10. The first-order chi connectivity index (χ1) is 30.6. The zero-order chi connectivity index (χ0) is 45.2. The zero-order valence-electron chi connectivity index (χ0n) is 39.7. The van der Waals surface area contributed by atoms with Gasteiger partial charge in [0.1, 0.15) is 0 Å². The summed E-state index contributed by atoms with van der Waals surface area (Å²) in [5.41, 5.74) is 3.95. The second kappa shape index (κ2) is 11.8. The fraction of sp³-hybridized carbons (Fsp3) is 0. The van der Waals surface area contributed by atoms with Crippen molar-refractivity contribution >= 4 is 63.0 Å². The molecular weight excluding hydrogens is 647 g/mol. The molecule has 5 heteroatoms. The molecule has 0 aliphatic carbocycles. The molecule has 0 bridgehead atoms. The van der Waals surface area contributed by atoms with E-state index in [4.69, 9.17) is 30.0 Å². The maximum Gasteiger partial charge on any atom is 0.165 e. The first-order valence-electron chi connectivity index (χ1n) is 22.5. The van der Waals surface area contributed by atoms with Gasteiger partial charge in [-0.3, -0.25) is 0 Å². The summed E-state index contributed by atoms with van der Waals surface area (Å²) >= 11 is 1.78. The Morgan fingerprint density at radius 2 is 0.980 bits per heavy atom. The molecule has 10 aromatic rings. The second-order valence-electron chi connectivity index (χ2n) is 11.4. The van der Waals surface area contributed by atoms with Crippen LogP contribution in [0.1, 0.15) is 19.2 Å². The predicted octanol–water partition coefficient (Wildman–Crippen LogP) is 12.9. The number of thiophene rings is 2. The monoisotopic (exact) mass is 687 g/mol. The van der Waals surface area contributed by atoms with Crippen LogP contribution in [0.25, 0.3) is 96.8 Å². The van der Waals surface area contributed by atoms with Crippen molar-refractivity contribution in [2.75, 3.05) is 0 Å². The van der Waals surface area contributed by atoms with Gasteiger partial charge in [-0.05, 0) is 64.6 Å². The van der Waals surface area contributed by atoms with Crippen LogP contribution < -0.4 is 0 Å². The first kappa shape index (κ1) is 18.1. The van der Waals surface area contributed by atoms with E-state index < -0.39 is 60.4 Å². The largest absolute Gasteiger partial charge is 0.208 e. The summed E-state index contributed by atoms with van der Waals surface area (Å²) in [6.07, 6.45) is 0. The molecule has 0 unspecified atom stereocenters. The molecule has 0 aliphatic rings. The molecule has 0 aliphatic heterocycles. The zero-order valence-corrected chi connectivity index (χ0v) is 27.3. The summed E-state index contributed by atoms with van der Waals surface area (Å²) in [7, 11) is 0. The van der Waals surface area contributed by atoms with E-state index in [1.54, 1.807) is 12.1 Å². The van der Waals surface area contributed by atoms with Gasteiger partial charge in [0.25, 0.3) is 0 Å². The third kappa shape index (κ3) is 4.98. The third-order valence-corrected chi connectivity index (χ3v) is 10.5. The van der Waals surface area contributed by atoms with Gasteiger partial charge in [-0.15, -0.1) is 22.7 Å². The highest BCUT2D eigenvalue weighted by Gasteiger charge is 2.17. The van der Waals surface area contributed by atoms with Crippen LogP contribution in [0.4, 0.5) is 0 Å². The van der Waals surface area contributed by atoms with E-state index in [9.17, 15) is 4.11 Å². The summed E-state index contributed by atoms with van der Waals surface area (Å²) in [5.74, 6) is -0.511. The average Bonchev–Trinajstić information content (AvgIpc) is 3.92. The maximum atomic E-state index is 9.54. The van der Waals surface area contributed by atoms with E-state index >= 15 is 0 Å². The van der Waals surface area contributed by atoms with Crippen molar-refractivity contribution in [2.24, 2.45) is 0 Å². The number of nitrogens with zero attached hydrogens (tertiary/aromatic N) is 3. The van der Waals surface area contributed by atoms with Gasteiger partial charge in [0, 0.05) is 57.0 Å². The van der Waals surface area contributed by atoms with Crippen molar-refractivity contribution in [2.45, 2.75) is 0 Å². The Balaban J connectivity index is 1.26. The minimum atomic E-state index is -0.559. The smallest absolute Gasteiger partial charge is 0.165 e. The average molecular weight is 688 g/mol. The van der Waals surface area contributed by atoms with Crippen molar-refractivity contribution in [3.8, 4) is 56.4 Å². The normalized spacial score (nSPS) is 15.5. The molecule has 0 saturated carbocycles. The molecule has 0 atom stereocenters. The predicted molar refractivity (Wildman–Crippen MR) is 213 cm³/mol. The molecular formula is C45H27N3S2. The number of benzene rings is 7. The highest BCUT2D eigenvalue weighted by Crippen LogP contribution is 2.40. The standard InChI is InChI=1S/C45H27N3S2/c1-2-10-28(11-3-1)31-12-8-13-32(26-31)29-20-22-30(23-21-29)43-46-44(33-24-25-41-38(27-33)35-15-5-6-18-39(35)49-41)48-45(47-43)37-17-9-16-36-34-14-4-7-19-40(34)50-42(36)37/h1-27H/i4D,5D,6D,7D,9D,14D,15D,16D,17D,18D,19D,24D,25D,27D. The van der Waals surface area contributed by atoms with Crippen molar-refractivity contribution in [3.63, 3.8) is 0 Å². The fourth-order valence-corrected chi connectivity index (χ4v) is 7.93. The highest BCUT2D eigenvalue weighted by atomic mass is 32.1. The number of hydrogen-bond donors (Lipinski definition) is 0. The number of fused-ring (bicyclic) bond motifs is 6. The molecule has 0 saturated heterocycles. The molecule has 0 spiro atoms. The van der Waals surface area contributed by atoms with Crippen LogP contribution in [-0.2, 0) is 0 Å². The Hall–Kier alpha value is -6.01. The van der Waals surface area contributed by atoms with Crippen LogP contribution >= 0.6 is 22.7 Å². The van der Waals surface area contributed by atoms with Crippen LogP contribution in [0.2, 0.25) is 0 Å². The maximum absolute atomic E-state index is 9.54. The van der Waals surface area contributed by atoms with Crippen molar-refractivity contribution < 1.29 is 19.2 Å². The van der Waals surface area contributed by atoms with Gasteiger partial charge in [0.15, 0.2) is 17.5 Å². The second-order valence-corrected chi connectivity index (χ2v) is 13.4. The summed E-state index contributed by atoms with van der Waals surface area (Å²) in [6.45, 7) is 0. The Bertz CT molecular complexity index is 3670. The van der Waals surface area contributed by atoms with Crippen molar-refractivity contribution in [3.05, 3.63) is 163 Å². The third-order valence-electron chi connectivity index (χ3n) is 8.35. The molecule has 0 radical (unpaired) electrons. The van der Waals surface area contributed by atoms with E-state index in [0.29, 0.717) is 5.56 Å². The lowest BCUT2D eigenvalue weighted by atomic mass is 9.98. The SMILES string of the molecule is [2H]c1c([2H])c([2H])c2c(sc3c([2H])c([2H])c(-c4nc(-c5ccc(-c6cccc(-c7ccccc7)c6)cc5)nc(-c5c([2H])c([2H])c([2H])c6c5sc5c([2H])c([2H])c([2H])c([2H])c56)n4)c([2H])c32)c1[2H]. The lowest BCUT2D eigenvalue weighted by molar-refractivity contribution is 1.08. The molecule has 3 heterocycles. The molecule has 3 aromatic heterocycles. The topological polar surface area (TPSA) is 38.7 Å². The van der Waals surface area contributed by atoms with Crippen LogP contribution in [0.3, 0.4) is 0 Å². The summed E-state index contributed by atoms with van der Waals surface area (Å²) in [4.78, 5) is 14.3. The highest BCUT2D eigenvalue weighted by molar-refractivity contribution is 7.26. The fourth-order valence-electron chi connectivity index (χ4n) is 5.95. The Morgan fingerprint density at radius 3 is 1.76 bits per heavy atom. The number of hydrogen-bond acceptors (Lipinski definition) is 5. The van der Waals surface area contributed by atoms with E-state index in [1.807, 2.05) is 60.7 Å². The van der Waals surface area contributed by atoms with E-state index in [0.717, 1.165) is 44.9 Å². The van der Waals surface area contributed by atoms with Gasteiger partial charge in [-0.1, -0.05) is 121 Å². The van der Waals surface area contributed by atoms with E-state index in [1.165, 1.54) is 0 Å². The quantitative estimate of drug-likeness (QED) is 0.181. The van der Waals surface area contributed by atoms with Gasteiger partial charge >= 0.3 is 0 Å². The van der Waals surface area contributed by atoms with Gasteiger partial charge in [-0.25, -0.2) is 15.0 Å². The number of aromatic nitrogens is 3. The van der Waals surface area contributed by atoms with Crippen LogP contribution in [0.15, 0.2) is 163 Å². The molecule has 0 N–H and O–H groups in total. The molecule has 234 valence electrons. The number of rotatable bonds is 5. The Kier molecular flexibility index (Phi) is 4.29. The summed E-state index contributed by atoms with van der Waals surface area (Å²) in [5, 5.41) is 0.0337. The van der Waals surface area contributed by atoms with Gasteiger partial charge in [-0.2, -0.15) is 0 Å². The van der Waals surface area contributed by atoms with E-state index in [2.05, 4.69) is 6.07 Å². The van der Waals surface area contributed by atoms with Crippen LogP contribution in [0.5, 0.6) is 0 Å². The van der Waals surface area contributed by atoms with E-state index in [-0.39, 0.29) is 93.1 Å². The molecule has 10 rings (SSSR count). The molecule has 7 aromatic carbocycles. The summed E-state index contributed by atoms with van der Waals surface area (Å²) < 4.78 is 123. The molecule has 3 nitrogen and oxygen atoms in total. The molecule has 0 fully saturated rings. The van der Waals surface area contributed by atoms with Gasteiger partial charge in [0.05, 0.1) is 19.2 Å².